The van der Waals surface area contributed by atoms with Crippen LogP contribution in [-0.4, -0.2) is 60.3 Å². The highest BCUT2D eigenvalue weighted by atomic mass is 16.6. The fraction of sp³-hybridized carbons (Fsp3) is 0.963. The van der Waals surface area contributed by atoms with E-state index in [0.717, 1.165) is 70.8 Å². The molecule has 0 bridgehead atoms. The first-order valence-corrected chi connectivity index (χ1v) is 13.4. The van der Waals surface area contributed by atoms with E-state index in [1.54, 1.807) is 0 Å². The molecule has 4 aliphatic rings. The molecule has 5 nitrogen and oxygen atoms in total. The van der Waals surface area contributed by atoms with Crippen LogP contribution in [0.15, 0.2) is 5.16 Å². The van der Waals surface area contributed by atoms with Crippen LogP contribution in [0.4, 0.5) is 0 Å². The van der Waals surface area contributed by atoms with Crippen LogP contribution in [0.5, 0.6) is 0 Å². The zero-order valence-corrected chi connectivity index (χ0v) is 21.1. The number of rotatable bonds is 8. The van der Waals surface area contributed by atoms with Gasteiger partial charge < -0.3 is 20.0 Å². The first kappa shape index (κ1) is 24.5. The molecule has 0 unspecified atom stereocenters. The molecule has 5 heteroatoms. The van der Waals surface area contributed by atoms with Gasteiger partial charge in [-0.1, -0.05) is 19.0 Å². The highest BCUT2D eigenvalue weighted by Crippen LogP contribution is 2.69. The van der Waals surface area contributed by atoms with Crippen LogP contribution < -0.4 is 0 Å². The summed E-state index contributed by atoms with van der Waals surface area (Å²) in [6.07, 6.45) is 14.8. The Bertz CT molecular complexity index is 669. The third-order valence-electron chi connectivity index (χ3n) is 10.7. The van der Waals surface area contributed by atoms with E-state index in [9.17, 15) is 10.2 Å². The van der Waals surface area contributed by atoms with Gasteiger partial charge in [0, 0.05) is 12.8 Å². The number of nitrogens with zero attached hydrogens (tertiary/aromatic N) is 2. The standard InChI is InChI=1S/C27H48N2O3/c1-25-13-11-22(30)19-21(25)8-9-24-23(25)12-14-26(2)20(10-15-27(24,26)31)7-5-16-28-32-18-6-17-29(3)4/h16,20-24,30-31H,5-15,17-19H2,1-4H3/b28-16+/t20-,21+,22-,23-,24+,25-,26+,27-/m0/s1. The summed E-state index contributed by atoms with van der Waals surface area (Å²) in [5, 5.41) is 26.6. The summed E-state index contributed by atoms with van der Waals surface area (Å²) < 4.78 is 0. The van der Waals surface area contributed by atoms with Gasteiger partial charge >= 0.3 is 0 Å². The van der Waals surface area contributed by atoms with Crippen molar-refractivity contribution in [3.63, 3.8) is 0 Å². The van der Waals surface area contributed by atoms with Gasteiger partial charge in [-0.2, -0.15) is 0 Å². The fourth-order valence-electron chi connectivity index (χ4n) is 8.66. The Morgan fingerprint density at radius 2 is 1.84 bits per heavy atom. The highest BCUT2D eigenvalue weighted by molar-refractivity contribution is 5.56. The number of hydrogen-bond acceptors (Lipinski definition) is 5. The largest absolute Gasteiger partial charge is 0.396 e. The Hall–Kier alpha value is -0.650. The lowest BCUT2D eigenvalue weighted by molar-refractivity contribution is -0.210. The lowest BCUT2D eigenvalue weighted by atomic mass is 9.43. The molecule has 0 radical (unpaired) electrons. The Kier molecular flexibility index (Phi) is 7.30. The molecule has 0 aromatic heterocycles. The van der Waals surface area contributed by atoms with E-state index in [0.29, 0.717) is 35.7 Å². The van der Waals surface area contributed by atoms with Gasteiger partial charge in [0.05, 0.1) is 11.7 Å². The zero-order chi connectivity index (χ0) is 23.0. The van der Waals surface area contributed by atoms with E-state index >= 15 is 0 Å². The van der Waals surface area contributed by atoms with Gasteiger partial charge in [0.2, 0.25) is 0 Å². The van der Waals surface area contributed by atoms with Gasteiger partial charge in [-0.3, -0.25) is 0 Å². The molecule has 0 aliphatic heterocycles. The molecule has 184 valence electrons. The van der Waals surface area contributed by atoms with E-state index < -0.39 is 5.60 Å². The topological polar surface area (TPSA) is 65.3 Å². The first-order chi connectivity index (χ1) is 15.2. The van der Waals surface area contributed by atoms with Crippen LogP contribution in [0.25, 0.3) is 0 Å². The maximum absolute atomic E-state index is 12.2. The number of oxime groups is 1. The summed E-state index contributed by atoms with van der Waals surface area (Å²) in [7, 11) is 4.15. The van der Waals surface area contributed by atoms with Crippen molar-refractivity contribution >= 4 is 6.21 Å². The first-order valence-electron chi connectivity index (χ1n) is 13.4. The number of fused-ring (bicyclic) bond motifs is 5. The minimum atomic E-state index is -0.509. The third-order valence-corrected chi connectivity index (χ3v) is 10.7. The Morgan fingerprint density at radius 1 is 1.03 bits per heavy atom. The minimum Gasteiger partial charge on any atom is -0.396 e. The number of aliphatic hydroxyl groups excluding tert-OH is 1. The predicted molar refractivity (Wildman–Crippen MR) is 130 cm³/mol. The zero-order valence-electron chi connectivity index (χ0n) is 21.1. The third kappa shape index (κ3) is 4.27. The monoisotopic (exact) mass is 448 g/mol. The van der Waals surface area contributed by atoms with Crippen molar-refractivity contribution in [3.8, 4) is 0 Å². The Labute approximate surface area is 196 Å². The Balaban J connectivity index is 1.34. The van der Waals surface area contributed by atoms with Crippen molar-refractivity contribution in [2.75, 3.05) is 27.2 Å². The van der Waals surface area contributed by atoms with E-state index in [1.165, 1.54) is 12.8 Å². The van der Waals surface area contributed by atoms with Crippen molar-refractivity contribution in [1.82, 2.24) is 4.90 Å². The summed E-state index contributed by atoms with van der Waals surface area (Å²) >= 11 is 0. The van der Waals surface area contributed by atoms with Gasteiger partial charge in [0.15, 0.2) is 0 Å². The van der Waals surface area contributed by atoms with Crippen LogP contribution in [-0.2, 0) is 4.84 Å². The smallest absolute Gasteiger partial charge is 0.118 e. The van der Waals surface area contributed by atoms with Crippen molar-refractivity contribution < 1.29 is 15.1 Å². The van der Waals surface area contributed by atoms with Crippen molar-refractivity contribution in [1.29, 1.82) is 0 Å². The number of aliphatic hydroxyl groups is 2. The van der Waals surface area contributed by atoms with Crippen molar-refractivity contribution in [2.45, 2.75) is 103 Å². The molecular weight excluding hydrogens is 400 g/mol. The summed E-state index contributed by atoms with van der Waals surface area (Å²) in [5.41, 5.74) is -0.162. The predicted octanol–water partition coefficient (Wildman–Crippen LogP) is 4.86. The second-order valence-corrected chi connectivity index (χ2v) is 12.4. The maximum atomic E-state index is 12.2. The van der Waals surface area contributed by atoms with Crippen LogP contribution >= 0.6 is 0 Å². The molecule has 0 aromatic rings. The summed E-state index contributed by atoms with van der Waals surface area (Å²) in [4.78, 5) is 7.58. The van der Waals surface area contributed by atoms with Gasteiger partial charge in [-0.25, -0.2) is 0 Å². The maximum Gasteiger partial charge on any atom is 0.118 e. The molecule has 0 spiro atoms. The Morgan fingerprint density at radius 3 is 2.62 bits per heavy atom. The highest BCUT2D eigenvalue weighted by Gasteiger charge is 2.66. The van der Waals surface area contributed by atoms with Crippen LogP contribution in [0.1, 0.15) is 90.9 Å². The quantitative estimate of drug-likeness (QED) is 0.316. The molecule has 4 saturated carbocycles. The van der Waals surface area contributed by atoms with E-state index in [4.69, 9.17) is 4.84 Å². The van der Waals surface area contributed by atoms with Crippen molar-refractivity contribution in [2.24, 2.45) is 39.7 Å². The normalized spacial score (nSPS) is 46.2. The average molecular weight is 449 g/mol. The molecule has 0 saturated heterocycles. The molecule has 4 fully saturated rings. The number of hydrogen-bond donors (Lipinski definition) is 2. The van der Waals surface area contributed by atoms with Crippen LogP contribution in [0.3, 0.4) is 0 Å². The SMILES string of the molecule is CN(C)CCCO/N=C/CC[C@H]1CC[C@]2(O)[C@@H]3CC[C@@H]4C[C@@H](O)CC[C@]4(C)[C@H]3CC[C@]12C. The van der Waals surface area contributed by atoms with E-state index in [2.05, 4.69) is 38.0 Å². The molecule has 2 N–H and O–H groups in total. The average Bonchev–Trinajstić information content (AvgIpc) is 3.01. The van der Waals surface area contributed by atoms with Crippen molar-refractivity contribution in [3.05, 3.63) is 0 Å². The lowest BCUT2D eigenvalue weighted by Gasteiger charge is -2.63. The molecule has 32 heavy (non-hydrogen) atoms. The second-order valence-electron chi connectivity index (χ2n) is 12.4. The van der Waals surface area contributed by atoms with E-state index in [-0.39, 0.29) is 11.5 Å². The molecule has 4 aliphatic carbocycles. The summed E-state index contributed by atoms with van der Waals surface area (Å²) in [6.45, 7) is 6.59. The molecule has 0 heterocycles. The van der Waals surface area contributed by atoms with Gasteiger partial charge in [-0.05, 0) is 126 Å². The van der Waals surface area contributed by atoms with E-state index in [1.807, 2.05) is 6.21 Å². The van der Waals surface area contributed by atoms with Crippen LogP contribution in [0.2, 0.25) is 0 Å². The van der Waals surface area contributed by atoms with Gasteiger partial charge in [0.1, 0.15) is 6.61 Å². The molecule has 8 atom stereocenters. The molecule has 0 aromatic carbocycles. The fourth-order valence-corrected chi connectivity index (χ4v) is 8.66. The summed E-state index contributed by atoms with van der Waals surface area (Å²) in [5.74, 6) is 2.29. The lowest BCUT2D eigenvalue weighted by Crippen LogP contribution is -2.62. The van der Waals surface area contributed by atoms with Crippen LogP contribution in [0, 0.1) is 34.5 Å². The van der Waals surface area contributed by atoms with Gasteiger partial charge in [0.25, 0.3) is 0 Å². The molecule has 4 rings (SSSR count). The molecule has 0 amide bonds. The molecular formula is C27H48N2O3. The van der Waals surface area contributed by atoms with Gasteiger partial charge in [-0.15, -0.1) is 0 Å². The minimum absolute atomic E-state index is 0.0337. The summed E-state index contributed by atoms with van der Waals surface area (Å²) in [6, 6.07) is 0. The second kappa shape index (κ2) is 9.54.